The van der Waals surface area contributed by atoms with Crippen LogP contribution in [0.15, 0.2) is 90.1 Å². The zero-order valence-electron chi connectivity index (χ0n) is 20.1. The number of hydrogen-bond acceptors (Lipinski definition) is 4. The van der Waals surface area contributed by atoms with E-state index in [4.69, 9.17) is 4.98 Å². The monoisotopic (exact) mass is 463 g/mol. The zero-order chi connectivity index (χ0) is 23.9. The van der Waals surface area contributed by atoms with Gasteiger partial charge in [0, 0.05) is 37.6 Å². The van der Waals surface area contributed by atoms with Crippen LogP contribution in [-0.4, -0.2) is 46.5 Å². The van der Waals surface area contributed by atoms with E-state index in [2.05, 4.69) is 76.3 Å². The van der Waals surface area contributed by atoms with Gasteiger partial charge in [-0.3, -0.25) is 9.36 Å². The summed E-state index contributed by atoms with van der Waals surface area (Å²) in [6.07, 6.45) is 0. The Morgan fingerprint density at radius 1 is 0.857 bits per heavy atom. The van der Waals surface area contributed by atoms with E-state index in [-0.39, 0.29) is 11.9 Å². The summed E-state index contributed by atoms with van der Waals surface area (Å²) in [5.41, 5.74) is 7.10. The summed E-state index contributed by atoms with van der Waals surface area (Å²) in [5.74, 6) is 0.872. The number of carbonyl (C=O) groups excluding carboxylic acids is 1. The first kappa shape index (κ1) is 21.5. The molecule has 0 unspecified atom stereocenters. The Bertz CT molecular complexity index is 1410. The molecule has 176 valence electrons. The molecule has 2 aliphatic rings. The second-order valence-corrected chi connectivity index (χ2v) is 9.39. The van der Waals surface area contributed by atoms with Gasteiger partial charge in [-0.05, 0) is 43.7 Å². The van der Waals surface area contributed by atoms with Crippen LogP contribution in [0.4, 0.5) is 11.6 Å². The van der Waals surface area contributed by atoms with E-state index in [1.165, 1.54) is 11.3 Å². The van der Waals surface area contributed by atoms with Crippen molar-refractivity contribution in [3.05, 3.63) is 101 Å². The number of benzene rings is 3. The Kier molecular flexibility index (Phi) is 5.29. The van der Waals surface area contributed by atoms with Gasteiger partial charge < -0.3 is 15.1 Å². The van der Waals surface area contributed by atoms with Crippen molar-refractivity contribution in [3.8, 4) is 0 Å². The van der Waals surface area contributed by atoms with E-state index >= 15 is 0 Å². The maximum Gasteiger partial charge on any atom is 0.254 e. The van der Waals surface area contributed by atoms with E-state index < -0.39 is 0 Å². The molecule has 1 atom stereocenters. The van der Waals surface area contributed by atoms with Crippen molar-refractivity contribution >= 4 is 28.6 Å². The molecule has 1 amide bonds. The third-order valence-electron chi connectivity index (χ3n) is 7.14. The number of rotatable bonds is 3. The van der Waals surface area contributed by atoms with Crippen molar-refractivity contribution in [2.45, 2.75) is 19.9 Å². The molecule has 1 fully saturated rings. The molecule has 1 aromatic heterocycles. The van der Waals surface area contributed by atoms with Crippen LogP contribution in [0.2, 0.25) is 0 Å². The van der Waals surface area contributed by atoms with Crippen LogP contribution in [0.1, 0.15) is 24.1 Å². The molecular weight excluding hydrogens is 434 g/mol. The van der Waals surface area contributed by atoms with Crippen LogP contribution in [0.25, 0.3) is 11.0 Å². The Morgan fingerprint density at radius 3 is 2.29 bits per heavy atom. The normalized spacial score (nSPS) is 17.9. The average molecular weight is 464 g/mol. The lowest BCUT2D eigenvalue weighted by Gasteiger charge is -2.39. The number of anilines is 2. The fourth-order valence-corrected chi connectivity index (χ4v) is 5.28. The van der Waals surface area contributed by atoms with Crippen molar-refractivity contribution in [2.24, 2.45) is 0 Å². The lowest BCUT2D eigenvalue weighted by Crippen LogP contribution is -2.50. The summed E-state index contributed by atoms with van der Waals surface area (Å²) in [4.78, 5) is 23.3. The minimum Gasteiger partial charge on any atom is -0.368 e. The molecule has 0 radical (unpaired) electrons. The number of piperazine rings is 1. The minimum atomic E-state index is -0.237. The molecule has 0 bridgehead atoms. The van der Waals surface area contributed by atoms with Crippen molar-refractivity contribution in [1.29, 1.82) is 0 Å². The first-order valence-corrected chi connectivity index (χ1v) is 12.2. The van der Waals surface area contributed by atoms with E-state index in [1.807, 2.05) is 36.1 Å². The fraction of sp³-hybridized carbons (Fsp3) is 0.241. The number of imidazole rings is 1. The number of allylic oxidation sites excluding steroid dienone is 1. The van der Waals surface area contributed by atoms with Crippen LogP contribution < -0.4 is 10.2 Å². The molecule has 6 nitrogen and oxygen atoms in total. The van der Waals surface area contributed by atoms with Crippen LogP contribution in [0.3, 0.4) is 0 Å². The van der Waals surface area contributed by atoms with Gasteiger partial charge in [0.15, 0.2) is 0 Å². The molecule has 3 aromatic carbocycles. The Morgan fingerprint density at radius 2 is 1.54 bits per heavy atom. The number of nitrogens with zero attached hydrogens (tertiary/aromatic N) is 4. The maximum absolute atomic E-state index is 14.1. The summed E-state index contributed by atoms with van der Waals surface area (Å²) in [6.45, 7) is 7.13. The SMILES string of the molecule is CC1=C(C(=O)N2CCN(c3ccccc3)CC2)[C@H](c2ccc(C)cc2)n2c(nc3ccccc32)N1. The highest BCUT2D eigenvalue weighted by molar-refractivity contribution is 5.98. The molecule has 0 aliphatic carbocycles. The molecule has 2 aliphatic heterocycles. The number of para-hydroxylation sites is 3. The first-order chi connectivity index (χ1) is 17.1. The van der Waals surface area contributed by atoms with E-state index in [0.29, 0.717) is 13.1 Å². The molecule has 0 saturated carbocycles. The highest BCUT2D eigenvalue weighted by Gasteiger charge is 2.36. The lowest BCUT2D eigenvalue weighted by atomic mass is 9.93. The smallest absolute Gasteiger partial charge is 0.254 e. The third kappa shape index (κ3) is 3.75. The fourth-order valence-electron chi connectivity index (χ4n) is 5.28. The second-order valence-electron chi connectivity index (χ2n) is 9.39. The lowest BCUT2D eigenvalue weighted by molar-refractivity contribution is -0.127. The predicted octanol–water partition coefficient (Wildman–Crippen LogP) is 4.98. The molecule has 35 heavy (non-hydrogen) atoms. The highest BCUT2D eigenvalue weighted by Crippen LogP contribution is 2.40. The topological polar surface area (TPSA) is 53.4 Å². The number of carbonyl (C=O) groups is 1. The largest absolute Gasteiger partial charge is 0.368 e. The number of nitrogens with one attached hydrogen (secondary N) is 1. The molecule has 3 heterocycles. The van der Waals surface area contributed by atoms with Gasteiger partial charge in [0.25, 0.3) is 5.91 Å². The first-order valence-electron chi connectivity index (χ1n) is 12.2. The van der Waals surface area contributed by atoms with E-state index in [0.717, 1.165) is 46.9 Å². The van der Waals surface area contributed by atoms with Gasteiger partial charge in [0.05, 0.1) is 22.6 Å². The Labute approximate surface area is 205 Å². The van der Waals surface area contributed by atoms with E-state index in [9.17, 15) is 4.79 Å². The standard InChI is InChI=1S/C29H29N5O/c1-20-12-14-22(15-13-20)27-26(21(2)30-29-31-24-10-6-7-11-25(24)34(27)29)28(35)33-18-16-32(17-19-33)23-8-4-3-5-9-23/h3-15,27H,16-19H2,1-2H3,(H,30,31)/t27-/m0/s1. The predicted molar refractivity (Wildman–Crippen MR) is 141 cm³/mol. The van der Waals surface area contributed by atoms with Gasteiger partial charge in [-0.2, -0.15) is 0 Å². The van der Waals surface area contributed by atoms with Crippen molar-refractivity contribution in [1.82, 2.24) is 14.5 Å². The average Bonchev–Trinajstić information content (AvgIpc) is 3.26. The zero-order valence-corrected chi connectivity index (χ0v) is 20.1. The van der Waals surface area contributed by atoms with E-state index in [1.54, 1.807) is 0 Å². The van der Waals surface area contributed by atoms with Gasteiger partial charge in [-0.1, -0.05) is 60.2 Å². The summed E-state index contributed by atoms with van der Waals surface area (Å²) >= 11 is 0. The molecule has 4 aromatic rings. The van der Waals surface area contributed by atoms with Crippen molar-refractivity contribution in [3.63, 3.8) is 0 Å². The maximum atomic E-state index is 14.1. The number of aromatic nitrogens is 2. The van der Waals surface area contributed by atoms with Crippen LogP contribution in [-0.2, 0) is 4.79 Å². The Hall–Kier alpha value is -4.06. The number of amides is 1. The van der Waals surface area contributed by atoms with Crippen LogP contribution >= 0.6 is 0 Å². The van der Waals surface area contributed by atoms with Gasteiger partial charge in [0.1, 0.15) is 0 Å². The van der Waals surface area contributed by atoms with Crippen LogP contribution in [0, 0.1) is 6.92 Å². The number of hydrogen-bond donors (Lipinski definition) is 1. The van der Waals surface area contributed by atoms with Gasteiger partial charge in [-0.25, -0.2) is 4.98 Å². The van der Waals surface area contributed by atoms with Gasteiger partial charge in [0.2, 0.25) is 5.95 Å². The molecular formula is C29H29N5O. The molecule has 1 saturated heterocycles. The molecule has 6 rings (SSSR count). The van der Waals surface area contributed by atoms with Gasteiger partial charge in [-0.15, -0.1) is 0 Å². The van der Waals surface area contributed by atoms with Crippen LogP contribution in [0.5, 0.6) is 0 Å². The summed E-state index contributed by atoms with van der Waals surface area (Å²) in [5, 5.41) is 3.44. The van der Waals surface area contributed by atoms with Crippen molar-refractivity contribution in [2.75, 3.05) is 36.4 Å². The summed E-state index contributed by atoms with van der Waals surface area (Å²) in [7, 11) is 0. The number of fused-ring (bicyclic) bond motifs is 3. The quantitative estimate of drug-likeness (QED) is 0.466. The number of aryl methyl sites for hydroxylation is 1. The summed E-state index contributed by atoms with van der Waals surface area (Å²) in [6, 6.07) is 26.8. The molecule has 6 heteroatoms. The highest BCUT2D eigenvalue weighted by atomic mass is 16.2. The third-order valence-corrected chi connectivity index (χ3v) is 7.14. The minimum absolute atomic E-state index is 0.0942. The Balaban J connectivity index is 1.37. The second kappa shape index (κ2) is 8.62. The molecule has 0 spiro atoms. The van der Waals surface area contributed by atoms with Crippen molar-refractivity contribution < 1.29 is 4.79 Å². The molecule has 1 N–H and O–H groups in total. The van der Waals surface area contributed by atoms with Gasteiger partial charge >= 0.3 is 0 Å². The summed E-state index contributed by atoms with van der Waals surface area (Å²) < 4.78 is 2.18.